The molecule has 6 heteroatoms. The van der Waals surface area contributed by atoms with Crippen LogP contribution in [0.2, 0.25) is 0 Å². The van der Waals surface area contributed by atoms with Crippen molar-refractivity contribution >= 4 is 11.7 Å². The fraction of sp³-hybridized carbons (Fsp3) is 0.385. The summed E-state index contributed by atoms with van der Waals surface area (Å²) in [7, 11) is 0. The van der Waals surface area contributed by atoms with Crippen molar-refractivity contribution in [1.29, 1.82) is 0 Å². The number of aromatic amines is 1. The summed E-state index contributed by atoms with van der Waals surface area (Å²) in [5.41, 5.74) is 6.29. The average molecular weight is 430 g/mol. The Morgan fingerprint density at radius 2 is 2.03 bits per heavy atom. The molecule has 2 unspecified atom stereocenters. The summed E-state index contributed by atoms with van der Waals surface area (Å²) in [4.78, 5) is 17.3. The molecule has 2 amide bonds. The largest absolute Gasteiger partial charge is 0.371 e. The Bertz CT molecular complexity index is 1050. The van der Waals surface area contributed by atoms with E-state index in [1.165, 1.54) is 16.8 Å². The Hall–Kier alpha value is -3.28. The van der Waals surface area contributed by atoms with Gasteiger partial charge in [-0.25, -0.2) is 4.79 Å². The summed E-state index contributed by atoms with van der Waals surface area (Å²) >= 11 is 0. The maximum absolute atomic E-state index is 12.7. The summed E-state index contributed by atoms with van der Waals surface area (Å²) in [5, 5.41) is 10.1. The number of urea groups is 1. The minimum Gasteiger partial charge on any atom is -0.371 e. The number of H-pyrrole nitrogens is 1. The van der Waals surface area contributed by atoms with Gasteiger partial charge in [0.25, 0.3) is 0 Å². The second-order valence-corrected chi connectivity index (χ2v) is 9.10. The van der Waals surface area contributed by atoms with Crippen molar-refractivity contribution < 1.29 is 4.79 Å². The van der Waals surface area contributed by atoms with Crippen LogP contribution in [-0.2, 0) is 13.0 Å². The van der Waals surface area contributed by atoms with Crippen LogP contribution in [0, 0.1) is 5.92 Å². The molecular formula is C26H31N5O. The normalized spacial score (nSPS) is 20.3. The lowest BCUT2D eigenvalue weighted by Gasteiger charge is -2.39. The molecule has 2 aliphatic heterocycles. The van der Waals surface area contributed by atoms with Crippen LogP contribution in [-0.4, -0.2) is 46.8 Å². The molecule has 0 bridgehead atoms. The first-order valence-corrected chi connectivity index (χ1v) is 11.6. The lowest BCUT2D eigenvalue weighted by Crippen LogP contribution is -2.50. The molecule has 1 saturated heterocycles. The van der Waals surface area contributed by atoms with Crippen molar-refractivity contribution in [2.75, 3.05) is 24.5 Å². The van der Waals surface area contributed by atoms with Gasteiger partial charge >= 0.3 is 6.03 Å². The lowest BCUT2D eigenvalue weighted by molar-refractivity contribution is 0.136. The second-order valence-electron chi connectivity index (χ2n) is 9.10. The molecule has 0 radical (unpaired) electrons. The Balaban J connectivity index is 1.15. The van der Waals surface area contributed by atoms with Gasteiger partial charge in [-0.3, -0.25) is 5.10 Å². The monoisotopic (exact) mass is 429 g/mol. The van der Waals surface area contributed by atoms with Gasteiger partial charge in [0.05, 0.1) is 6.20 Å². The van der Waals surface area contributed by atoms with Crippen LogP contribution in [0.1, 0.15) is 30.9 Å². The first kappa shape index (κ1) is 20.6. The number of hydrogen-bond acceptors (Lipinski definition) is 3. The molecule has 2 aromatic carbocycles. The maximum atomic E-state index is 12.7. The summed E-state index contributed by atoms with van der Waals surface area (Å²) < 4.78 is 0. The minimum absolute atomic E-state index is 0.0538. The highest BCUT2D eigenvalue weighted by atomic mass is 16.2. The Morgan fingerprint density at radius 1 is 1.16 bits per heavy atom. The number of nitrogens with one attached hydrogen (secondary N) is 2. The highest BCUT2D eigenvalue weighted by Gasteiger charge is 2.31. The number of aromatic nitrogens is 2. The van der Waals surface area contributed by atoms with Crippen LogP contribution in [0.3, 0.4) is 0 Å². The molecule has 3 aromatic rings. The molecule has 1 fully saturated rings. The molecule has 166 valence electrons. The molecule has 0 aliphatic carbocycles. The lowest BCUT2D eigenvalue weighted by atomic mass is 9.91. The predicted molar refractivity (Wildman–Crippen MR) is 128 cm³/mol. The van der Waals surface area contributed by atoms with Crippen LogP contribution in [0.15, 0.2) is 60.9 Å². The van der Waals surface area contributed by atoms with E-state index < -0.39 is 0 Å². The zero-order valence-corrected chi connectivity index (χ0v) is 18.6. The zero-order valence-electron chi connectivity index (χ0n) is 18.6. The van der Waals surface area contributed by atoms with Gasteiger partial charge in [0, 0.05) is 49.7 Å². The van der Waals surface area contributed by atoms with Gasteiger partial charge < -0.3 is 15.1 Å². The topological polar surface area (TPSA) is 64.3 Å². The average Bonchev–Trinajstić information content (AvgIpc) is 3.49. The number of rotatable bonds is 5. The number of hydrogen-bond donors (Lipinski definition) is 2. The van der Waals surface area contributed by atoms with Crippen molar-refractivity contribution in [1.82, 2.24) is 20.4 Å². The number of carbonyl (C=O) groups is 1. The van der Waals surface area contributed by atoms with E-state index in [4.69, 9.17) is 0 Å². The van der Waals surface area contributed by atoms with Crippen LogP contribution in [0.25, 0.3) is 11.1 Å². The van der Waals surface area contributed by atoms with E-state index in [1.807, 2.05) is 47.6 Å². The van der Waals surface area contributed by atoms with Gasteiger partial charge in [-0.2, -0.15) is 5.10 Å². The van der Waals surface area contributed by atoms with E-state index in [2.05, 4.69) is 45.5 Å². The SMILES string of the molecule is CC1CC(CN2CCc3cc(-c4cn[nH]c4)ccc32)CCN1C(=O)NCc1ccccc1. The van der Waals surface area contributed by atoms with E-state index in [0.29, 0.717) is 12.5 Å². The standard InChI is InChI=1S/C26H31N5O/c1-19-13-21(9-12-31(19)26(32)27-15-20-5-3-2-4-6-20)18-30-11-10-23-14-22(7-8-25(23)30)24-16-28-29-17-24/h2-8,14,16-17,19,21H,9-13,15,18H2,1H3,(H,27,32)(H,28,29). The molecule has 1 aromatic heterocycles. The molecular weight excluding hydrogens is 398 g/mol. The number of fused-ring (bicyclic) bond motifs is 1. The molecule has 2 atom stereocenters. The van der Waals surface area contributed by atoms with Crippen LogP contribution < -0.4 is 10.2 Å². The van der Waals surface area contributed by atoms with E-state index in [-0.39, 0.29) is 12.1 Å². The van der Waals surface area contributed by atoms with Crippen LogP contribution in [0.4, 0.5) is 10.5 Å². The van der Waals surface area contributed by atoms with Gasteiger partial charge in [0.2, 0.25) is 0 Å². The number of carbonyl (C=O) groups excluding carboxylic acids is 1. The molecule has 2 N–H and O–H groups in total. The highest BCUT2D eigenvalue weighted by Crippen LogP contribution is 2.34. The van der Waals surface area contributed by atoms with Crippen molar-refractivity contribution in [2.45, 2.75) is 38.8 Å². The molecule has 5 rings (SSSR count). The maximum Gasteiger partial charge on any atom is 0.317 e. The van der Waals surface area contributed by atoms with E-state index in [1.54, 1.807) is 0 Å². The molecule has 32 heavy (non-hydrogen) atoms. The first-order chi connectivity index (χ1) is 15.7. The number of piperidine rings is 1. The number of benzene rings is 2. The van der Waals surface area contributed by atoms with Gasteiger partial charge in [0.15, 0.2) is 0 Å². The first-order valence-electron chi connectivity index (χ1n) is 11.6. The highest BCUT2D eigenvalue weighted by molar-refractivity contribution is 5.74. The smallest absolute Gasteiger partial charge is 0.317 e. The molecule has 0 spiro atoms. The van der Waals surface area contributed by atoms with E-state index in [0.717, 1.165) is 50.0 Å². The minimum atomic E-state index is 0.0538. The van der Waals surface area contributed by atoms with Crippen LogP contribution in [0.5, 0.6) is 0 Å². The molecule has 6 nitrogen and oxygen atoms in total. The van der Waals surface area contributed by atoms with Gasteiger partial charge in [-0.1, -0.05) is 36.4 Å². The number of nitrogens with zero attached hydrogens (tertiary/aromatic N) is 3. The second kappa shape index (κ2) is 9.07. The zero-order chi connectivity index (χ0) is 21.9. The third kappa shape index (κ3) is 4.35. The Labute approximate surface area is 189 Å². The summed E-state index contributed by atoms with van der Waals surface area (Å²) in [6, 6.07) is 17.2. The Kier molecular flexibility index (Phi) is 5.84. The van der Waals surface area contributed by atoms with Crippen molar-refractivity contribution in [3.63, 3.8) is 0 Å². The van der Waals surface area contributed by atoms with Crippen molar-refractivity contribution in [3.8, 4) is 11.1 Å². The Morgan fingerprint density at radius 3 is 2.81 bits per heavy atom. The van der Waals surface area contributed by atoms with Crippen molar-refractivity contribution in [2.24, 2.45) is 5.92 Å². The summed E-state index contributed by atoms with van der Waals surface area (Å²) in [6.45, 7) is 5.74. The number of likely N-dealkylation sites (tertiary alicyclic amines) is 1. The van der Waals surface area contributed by atoms with Crippen LogP contribution >= 0.6 is 0 Å². The number of amides is 2. The fourth-order valence-electron chi connectivity index (χ4n) is 5.17. The van der Waals surface area contributed by atoms with Gasteiger partial charge in [0.1, 0.15) is 0 Å². The number of anilines is 1. The molecule has 3 heterocycles. The predicted octanol–water partition coefficient (Wildman–Crippen LogP) is 4.45. The third-order valence-corrected chi connectivity index (χ3v) is 6.91. The molecule has 2 aliphatic rings. The van der Waals surface area contributed by atoms with E-state index in [9.17, 15) is 4.79 Å². The quantitative estimate of drug-likeness (QED) is 0.630. The summed E-state index contributed by atoms with van der Waals surface area (Å²) in [6.07, 6.45) is 7.02. The van der Waals surface area contributed by atoms with Gasteiger partial charge in [-0.05, 0) is 60.9 Å². The molecule has 0 saturated carbocycles. The third-order valence-electron chi connectivity index (χ3n) is 6.91. The van der Waals surface area contributed by atoms with E-state index >= 15 is 0 Å². The van der Waals surface area contributed by atoms with Gasteiger partial charge in [-0.15, -0.1) is 0 Å². The van der Waals surface area contributed by atoms with Crippen molar-refractivity contribution in [3.05, 3.63) is 72.1 Å². The summed E-state index contributed by atoms with van der Waals surface area (Å²) in [5.74, 6) is 0.614. The fourth-order valence-corrected chi connectivity index (χ4v) is 5.17.